The fraction of sp³-hybridized carbons (Fsp3) is 0.273. The van der Waals surface area contributed by atoms with Crippen LogP contribution in [0.3, 0.4) is 0 Å². The lowest BCUT2D eigenvalue weighted by Gasteiger charge is -2.35. The summed E-state index contributed by atoms with van der Waals surface area (Å²) in [5, 5.41) is 28.8. The van der Waals surface area contributed by atoms with Crippen LogP contribution in [-0.4, -0.2) is 59.1 Å². The Morgan fingerprint density at radius 3 is 2.40 bits per heavy atom. The zero-order valence-electron chi connectivity index (χ0n) is 32.5. The standard InChI is InChI=1S/C44H42Cl2N6O5/c1-23-16-31(17-24(2)39(23)46)57-15-9-11-32-33-12-13-34(45)38(37-26(4)48-49(6)27(37)5)41(33)52-25(3)21-51(43(54)42(32)52)35-20-30(53)18-28-19-36(44(55)56)50(40(28)35)22-29-10-7-8-14-47-29/h7-8,10,12-14,16-20,25,53H,9,11,15,21-22H2,1-6H3,(H,55,56)/t25-/m1/s1. The summed E-state index contributed by atoms with van der Waals surface area (Å²) < 4.78 is 11.8. The van der Waals surface area contributed by atoms with Gasteiger partial charge in [-0.3, -0.25) is 14.5 Å². The highest BCUT2D eigenvalue weighted by atomic mass is 35.5. The van der Waals surface area contributed by atoms with Gasteiger partial charge in [0.15, 0.2) is 0 Å². The van der Waals surface area contributed by atoms with Gasteiger partial charge >= 0.3 is 5.97 Å². The number of carboxylic acids is 1. The summed E-state index contributed by atoms with van der Waals surface area (Å²) >= 11 is 13.5. The number of aromatic carboxylic acids is 1. The van der Waals surface area contributed by atoms with Crippen LogP contribution in [0, 0.1) is 27.7 Å². The Hall–Kier alpha value is -5.78. The molecule has 7 aromatic rings. The molecule has 0 fully saturated rings. The number of hydrogen-bond donors (Lipinski definition) is 2. The average Bonchev–Trinajstić information content (AvgIpc) is 3.79. The first kappa shape index (κ1) is 38.1. The molecule has 0 saturated carbocycles. The second kappa shape index (κ2) is 14.6. The summed E-state index contributed by atoms with van der Waals surface area (Å²) in [6.45, 7) is 10.7. The molecule has 5 heterocycles. The molecule has 292 valence electrons. The molecule has 0 aliphatic carbocycles. The first-order valence-electron chi connectivity index (χ1n) is 18.8. The molecule has 0 radical (unpaired) electrons. The third-order valence-electron chi connectivity index (χ3n) is 11.1. The molecule has 13 heteroatoms. The predicted octanol–water partition coefficient (Wildman–Crippen LogP) is 9.62. The summed E-state index contributed by atoms with van der Waals surface area (Å²) in [6, 6.07) is 17.5. The molecular formula is C44H42Cl2N6O5. The number of nitrogens with zero attached hydrogens (tertiary/aromatic N) is 6. The number of aryl methyl sites for hydroxylation is 5. The summed E-state index contributed by atoms with van der Waals surface area (Å²) in [5.74, 6) is -0.768. The molecule has 1 aliphatic rings. The Balaban J connectivity index is 1.30. The van der Waals surface area contributed by atoms with Gasteiger partial charge in [0.2, 0.25) is 0 Å². The second-order valence-corrected chi connectivity index (χ2v) is 15.7. The zero-order valence-corrected chi connectivity index (χ0v) is 34.0. The lowest BCUT2D eigenvalue weighted by Crippen LogP contribution is -2.43. The first-order valence-corrected chi connectivity index (χ1v) is 19.6. The van der Waals surface area contributed by atoms with Gasteiger partial charge in [-0.1, -0.05) is 35.3 Å². The van der Waals surface area contributed by atoms with Crippen LogP contribution in [-0.2, 0) is 20.0 Å². The van der Waals surface area contributed by atoms with Crippen molar-refractivity contribution in [1.82, 2.24) is 23.9 Å². The lowest BCUT2D eigenvalue weighted by molar-refractivity contribution is 0.0686. The number of ether oxygens (including phenoxy) is 1. The van der Waals surface area contributed by atoms with E-state index in [-0.39, 0.29) is 36.5 Å². The van der Waals surface area contributed by atoms with Gasteiger partial charge in [-0.25, -0.2) is 4.79 Å². The number of carbonyl (C=O) groups excluding carboxylic acids is 1. The molecule has 8 rings (SSSR count). The number of anilines is 1. The Morgan fingerprint density at radius 2 is 1.74 bits per heavy atom. The minimum atomic E-state index is -1.13. The molecule has 0 unspecified atom stereocenters. The van der Waals surface area contributed by atoms with E-state index in [1.807, 2.05) is 75.8 Å². The van der Waals surface area contributed by atoms with Gasteiger partial charge in [0.05, 0.1) is 46.3 Å². The minimum Gasteiger partial charge on any atom is -0.508 e. The molecule has 3 aromatic carbocycles. The van der Waals surface area contributed by atoms with E-state index in [4.69, 9.17) is 33.0 Å². The Morgan fingerprint density at radius 1 is 0.982 bits per heavy atom. The zero-order chi connectivity index (χ0) is 40.4. The van der Waals surface area contributed by atoms with Crippen molar-refractivity contribution < 1.29 is 24.5 Å². The maximum atomic E-state index is 15.3. The van der Waals surface area contributed by atoms with Gasteiger partial charge < -0.3 is 29.0 Å². The number of rotatable bonds is 10. The molecule has 1 atom stereocenters. The van der Waals surface area contributed by atoms with Crippen LogP contribution in [0.15, 0.2) is 66.9 Å². The van der Waals surface area contributed by atoms with E-state index >= 15 is 4.79 Å². The van der Waals surface area contributed by atoms with Crippen LogP contribution in [0.5, 0.6) is 11.5 Å². The fourth-order valence-corrected chi connectivity index (χ4v) is 8.87. The van der Waals surface area contributed by atoms with Crippen LogP contribution >= 0.6 is 23.2 Å². The molecular weight excluding hydrogens is 763 g/mol. The van der Waals surface area contributed by atoms with Crippen molar-refractivity contribution in [1.29, 1.82) is 0 Å². The van der Waals surface area contributed by atoms with Gasteiger partial charge in [-0.05, 0) is 107 Å². The molecule has 57 heavy (non-hydrogen) atoms. The fourth-order valence-electron chi connectivity index (χ4n) is 8.51. The molecule has 4 aromatic heterocycles. The average molecular weight is 806 g/mol. The number of halogens is 2. The third-order valence-corrected chi connectivity index (χ3v) is 12.0. The number of carbonyl (C=O) groups is 2. The van der Waals surface area contributed by atoms with Crippen molar-refractivity contribution in [3.05, 3.63) is 122 Å². The van der Waals surface area contributed by atoms with Gasteiger partial charge in [0, 0.05) is 64.5 Å². The summed E-state index contributed by atoms with van der Waals surface area (Å²) in [4.78, 5) is 34.1. The van der Waals surface area contributed by atoms with Crippen molar-refractivity contribution in [3.8, 4) is 22.6 Å². The first-order chi connectivity index (χ1) is 27.2. The largest absolute Gasteiger partial charge is 0.508 e. The highest BCUT2D eigenvalue weighted by Crippen LogP contribution is 2.46. The summed E-state index contributed by atoms with van der Waals surface area (Å²) in [6.07, 6.45) is 2.77. The van der Waals surface area contributed by atoms with Crippen molar-refractivity contribution >= 4 is 62.6 Å². The summed E-state index contributed by atoms with van der Waals surface area (Å²) in [5.41, 5.74) is 9.16. The topological polar surface area (TPSA) is 128 Å². The van der Waals surface area contributed by atoms with Gasteiger partial charge in [0.1, 0.15) is 22.9 Å². The van der Waals surface area contributed by atoms with Gasteiger partial charge in [-0.2, -0.15) is 5.10 Å². The predicted molar refractivity (Wildman–Crippen MR) is 224 cm³/mol. The van der Waals surface area contributed by atoms with E-state index in [0.29, 0.717) is 57.5 Å². The smallest absolute Gasteiger partial charge is 0.352 e. The molecule has 0 spiro atoms. The van der Waals surface area contributed by atoms with Crippen molar-refractivity contribution in [2.75, 3.05) is 18.1 Å². The second-order valence-electron chi connectivity index (χ2n) is 14.9. The van der Waals surface area contributed by atoms with E-state index in [0.717, 1.165) is 55.9 Å². The van der Waals surface area contributed by atoms with Crippen molar-refractivity contribution in [2.45, 2.75) is 60.0 Å². The van der Waals surface area contributed by atoms with E-state index < -0.39 is 5.97 Å². The van der Waals surface area contributed by atoms with E-state index in [2.05, 4.69) is 16.5 Å². The molecule has 0 bridgehead atoms. The number of phenols is 1. The number of fused-ring (bicyclic) bond motifs is 4. The van der Waals surface area contributed by atoms with Gasteiger partial charge in [0.25, 0.3) is 5.91 Å². The Bertz CT molecular complexity index is 2740. The number of aromatic hydroxyl groups is 1. The van der Waals surface area contributed by atoms with Crippen LogP contribution in [0.25, 0.3) is 32.9 Å². The third kappa shape index (κ3) is 6.48. The van der Waals surface area contributed by atoms with Crippen LogP contribution in [0.2, 0.25) is 10.0 Å². The molecule has 1 amide bonds. The minimum absolute atomic E-state index is 0.0161. The van der Waals surface area contributed by atoms with Gasteiger partial charge in [-0.15, -0.1) is 0 Å². The normalized spacial score (nSPS) is 14.2. The number of amides is 1. The maximum absolute atomic E-state index is 15.3. The van der Waals surface area contributed by atoms with E-state index in [1.54, 1.807) is 27.8 Å². The maximum Gasteiger partial charge on any atom is 0.352 e. The van der Waals surface area contributed by atoms with Crippen molar-refractivity contribution in [3.63, 3.8) is 0 Å². The SMILES string of the molecule is Cc1cc(OCCCc2c3n(c4c(-c5c(C)nn(C)c5C)c(Cl)ccc24)[C@H](C)CN(c2cc(O)cc4cc(C(=O)O)n(Cc5ccccn5)c24)C3=O)cc(C)c1Cl. The molecule has 11 nitrogen and oxygen atoms in total. The number of benzene rings is 3. The molecule has 1 aliphatic heterocycles. The van der Waals surface area contributed by atoms with Crippen LogP contribution in [0.1, 0.15) is 74.1 Å². The van der Waals surface area contributed by atoms with Crippen LogP contribution in [0.4, 0.5) is 5.69 Å². The quantitative estimate of drug-likeness (QED) is 0.132. The number of carboxylic acid groups (broad SMARTS) is 1. The Labute approximate surface area is 339 Å². The van der Waals surface area contributed by atoms with E-state index in [1.165, 1.54) is 12.1 Å². The molecule has 2 N–H and O–H groups in total. The lowest BCUT2D eigenvalue weighted by atomic mass is 9.98. The summed E-state index contributed by atoms with van der Waals surface area (Å²) in [7, 11) is 1.90. The monoisotopic (exact) mass is 804 g/mol. The number of hydrogen-bond acceptors (Lipinski definition) is 6. The highest BCUT2D eigenvalue weighted by Gasteiger charge is 2.38. The number of phenolic OH excluding ortho intramolecular Hbond substituents is 1. The number of aromatic nitrogens is 5. The highest BCUT2D eigenvalue weighted by molar-refractivity contribution is 6.35. The Kier molecular flexibility index (Phi) is 9.78. The van der Waals surface area contributed by atoms with Crippen molar-refractivity contribution in [2.24, 2.45) is 7.05 Å². The van der Waals surface area contributed by atoms with E-state index in [9.17, 15) is 15.0 Å². The van der Waals surface area contributed by atoms with Crippen LogP contribution < -0.4 is 9.64 Å². The molecule has 0 saturated heterocycles. The number of pyridine rings is 1.